The van der Waals surface area contributed by atoms with E-state index in [1.807, 2.05) is 12.1 Å². The fraction of sp³-hybridized carbons (Fsp3) is 0.444. The van der Waals surface area contributed by atoms with Crippen molar-refractivity contribution in [2.24, 2.45) is 0 Å². The standard InChI is InChI=1S/C18H22N2O2S/c1-12-6-3-4-9-20(12)11-14-7-5-8-15(10-14)17-19-13(2)16(23-17)18(21)22/h5,7-8,10,12H,3-4,6,9,11H2,1-2H3,(H,21,22). The second-order valence-corrected chi connectivity index (χ2v) is 7.25. The summed E-state index contributed by atoms with van der Waals surface area (Å²) in [6.45, 7) is 6.16. The van der Waals surface area contributed by atoms with Gasteiger partial charge in [-0.3, -0.25) is 4.90 Å². The van der Waals surface area contributed by atoms with Gasteiger partial charge < -0.3 is 5.11 Å². The molecule has 2 heterocycles. The summed E-state index contributed by atoms with van der Waals surface area (Å²) in [6.07, 6.45) is 3.87. The normalized spacial score (nSPS) is 19.0. The van der Waals surface area contributed by atoms with Crippen LogP contribution in [0.3, 0.4) is 0 Å². The van der Waals surface area contributed by atoms with Crippen LogP contribution in [0.1, 0.15) is 47.1 Å². The largest absolute Gasteiger partial charge is 0.477 e. The lowest BCUT2D eigenvalue weighted by Crippen LogP contribution is -2.36. The number of carbonyl (C=O) groups is 1. The molecule has 1 unspecified atom stereocenters. The molecule has 1 saturated heterocycles. The van der Waals surface area contributed by atoms with Crippen molar-refractivity contribution >= 4 is 17.3 Å². The lowest BCUT2D eigenvalue weighted by atomic mass is 10.0. The fourth-order valence-corrected chi connectivity index (χ4v) is 4.05. The maximum atomic E-state index is 11.2. The Bertz CT molecular complexity index is 711. The van der Waals surface area contributed by atoms with Gasteiger partial charge in [-0.2, -0.15) is 0 Å². The van der Waals surface area contributed by atoms with Gasteiger partial charge in [0.1, 0.15) is 9.88 Å². The number of aryl methyl sites for hydroxylation is 1. The monoisotopic (exact) mass is 330 g/mol. The minimum atomic E-state index is -0.899. The number of likely N-dealkylation sites (tertiary alicyclic amines) is 1. The Hall–Kier alpha value is -1.72. The van der Waals surface area contributed by atoms with E-state index in [0.717, 1.165) is 23.7 Å². The Morgan fingerprint density at radius 2 is 2.26 bits per heavy atom. The summed E-state index contributed by atoms with van der Waals surface area (Å²) in [6, 6.07) is 8.96. The molecule has 1 aliphatic heterocycles. The summed E-state index contributed by atoms with van der Waals surface area (Å²) in [5.74, 6) is -0.899. The van der Waals surface area contributed by atoms with E-state index in [-0.39, 0.29) is 0 Å². The lowest BCUT2D eigenvalue weighted by molar-refractivity contribution is 0.0701. The smallest absolute Gasteiger partial charge is 0.347 e. The highest BCUT2D eigenvalue weighted by Gasteiger charge is 2.19. The van der Waals surface area contributed by atoms with Crippen molar-refractivity contribution in [2.75, 3.05) is 6.54 Å². The Morgan fingerprint density at radius 3 is 2.96 bits per heavy atom. The van der Waals surface area contributed by atoms with Gasteiger partial charge in [0.15, 0.2) is 0 Å². The van der Waals surface area contributed by atoms with Crippen molar-refractivity contribution < 1.29 is 9.90 Å². The zero-order chi connectivity index (χ0) is 16.4. The summed E-state index contributed by atoms with van der Waals surface area (Å²) < 4.78 is 0. The van der Waals surface area contributed by atoms with Gasteiger partial charge >= 0.3 is 5.97 Å². The molecule has 0 saturated carbocycles. The van der Waals surface area contributed by atoms with Crippen molar-refractivity contribution in [2.45, 2.75) is 45.7 Å². The van der Waals surface area contributed by atoms with Crippen molar-refractivity contribution in [3.8, 4) is 10.6 Å². The van der Waals surface area contributed by atoms with Crippen molar-refractivity contribution in [1.29, 1.82) is 0 Å². The molecule has 2 aromatic rings. The molecule has 1 aromatic heterocycles. The highest BCUT2D eigenvalue weighted by molar-refractivity contribution is 7.17. The summed E-state index contributed by atoms with van der Waals surface area (Å²) in [5.41, 5.74) is 2.86. The van der Waals surface area contributed by atoms with Gasteiger partial charge in [-0.1, -0.05) is 24.6 Å². The Labute approximate surface area is 140 Å². The second kappa shape index (κ2) is 6.81. The summed E-state index contributed by atoms with van der Waals surface area (Å²) in [7, 11) is 0. The molecule has 1 atom stereocenters. The van der Waals surface area contributed by atoms with E-state index in [0.29, 0.717) is 16.6 Å². The minimum absolute atomic E-state index is 0.329. The molecule has 0 amide bonds. The predicted molar refractivity (Wildman–Crippen MR) is 93.0 cm³/mol. The number of nitrogens with zero attached hydrogens (tertiary/aromatic N) is 2. The van der Waals surface area contributed by atoms with E-state index in [4.69, 9.17) is 0 Å². The molecule has 23 heavy (non-hydrogen) atoms. The molecule has 122 valence electrons. The van der Waals surface area contributed by atoms with Crippen molar-refractivity contribution in [3.05, 3.63) is 40.4 Å². The molecule has 1 N–H and O–H groups in total. The second-order valence-electron chi connectivity index (χ2n) is 6.25. The number of carboxylic acid groups (broad SMARTS) is 1. The molecule has 0 aliphatic carbocycles. The number of aromatic carboxylic acids is 1. The third kappa shape index (κ3) is 3.62. The number of carboxylic acids is 1. The first-order valence-corrected chi connectivity index (χ1v) is 8.90. The molecule has 0 spiro atoms. The summed E-state index contributed by atoms with van der Waals surface area (Å²) >= 11 is 1.25. The first kappa shape index (κ1) is 16.1. The van der Waals surface area contributed by atoms with Crippen LogP contribution in [0.15, 0.2) is 24.3 Å². The van der Waals surface area contributed by atoms with Gasteiger partial charge in [0.05, 0.1) is 5.69 Å². The number of piperidine rings is 1. The lowest BCUT2D eigenvalue weighted by Gasteiger charge is -2.33. The molecule has 1 aliphatic rings. The summed E-state index contributed by atoms with van der Waals surface area (Å²) in [5, 5.41) is 9.98. The number of rotatable bonds is 4. The fourth-order valence-electron chi connectivity index (χ4n) is 3.15. The van der Waals surface area contributed by atoms with E-state index in [1.54, 1.807) is 6.92 Å². The van der Waals surface area contributed by atoms with Crippen molar-refractivity contribution in [3.63, 3.8) is 0 Å². The molecule has 1 aromatic carbocycles. The van der Waals surface area contributed by atoms with Gasteiger partial charge in [0.2, 0.25) is 0 Å². The number of thiazole rings is 1. The van der Waals surface area contributed by atoms with Crippen LogP contribution >= 0.6 is 11.3 Å². The van der Waals surface area contributed by atoms with Crippen LogP contribution in [0, 0.1) is 6.92 Å². The van der Waals surface area contributed by atoms with Gasteiger partial charge in [-0.05, 0) is 44.9 Å². The van der Waals surface area contributed by atoms with Crippen LogP contribution in [0.2, 0.25) is 0 Å². The van der Waals surface area contributed by atoms with E-state index < -0.39 is 5.97 Å². The van der Waals surface area contributed by atoms with Gasteiger partial charge in [-0.15, -0.1) is 11.3 Å². The quantitative estimate of drug-likeness (QED) is 0.913. The zero-order valence-corrected chi connectivity index (χ0v) is 14.4. The van der Waals surface area contributed by atoms with E-state index in [9.17, 15) is 9.90 Å². The molecular formula is C18H22N2O2S. The first-order valence-electron chi connectivity index (χ1n) is 8.08. The third-order valence-corrected chi connectivity index (χ3v) is 5.69. The Balaban J connectivity index is 1.82. The molecular weight excluding hydrogens is 308 g/mol. The highest BCUT2D eigenvalue weighted by atomic mass is 32.1. The average Bonchev–Trinajstić information content (AvgIpc) is 2.92. The van der Waals surface area contributed by atoms with E-state index >= 15 is 0 Å². The molecule has 0 bridgehead atoms. The molecule has 3 rings (SSSR count). The average molecular weight is 330 g/mol. The van der Waals surface area contributed by atoms with Crippen LogP contribution < -0.4 is 0 Å². The molecule has 1 fully saturated rings. The van der Waals surface area contributed by atoms with Gasteiger partial charge in [0, 0.05) is 18.2 Å². The van der Waals surface area contributed by atoms with E-state index in [2.05, 4.69) is 28.9 Å². The van der Waals surface area contributed by atoms with E-state index in [1.165, 1.54) is 36.2 Å². The Morgan fingerprint density at radius 1 is 1.43 bits per heavy atom. The SMILES string of the molecule is Cc1nc(-c2cccc(CN3CCCCC3C)c2)sc1C(=O)O. The molecule has 5 heteroatoms. The summed E-state index contributed by atoms with van der Waals surface area (Å²) in [4.78, 5) is 18.5. The maximum absolute atomic E-state index is 11.2. The number of benzene rings is 1. The van der Waals surface area contributed by atoms with Gasteiger partial charge in [-0.25, -0.2) is 9.78 Å². The number of aromatic nitrogens is 1. The van der Waals surface area contributed by atoms with Gasteiger partial charge in [0.25, 0.3) is 0 Å². The number of hydrogen-bond acceptors (Lipinski definition) is 4. The predicted octanol–water partition coefficient (Wildman–Crippen LogP) is 4.19. The molecule has 0 radical (unpaired) electrons. The first-order chi connectivity index (χ1) is 11.0. The third-order valence-electron chi connectivity index (χ3n) is 4.49. The highest BCUT2D eigenvalue weighted by Crippen LogP contribution is 2.29. The van der Waals surface area contributed by atoms with Crippen LogP contribution in [0.4, 0.5) is 0 Å². The topological polar surface area (TPSA) is 53.4 Å². The zero-order valence-electron chi connectivity index (χ0n) is 13.6. The van der Waals surface area contributed by atoms with Crippen LogP contribution in [-0.4, -0.2) is 33.5 Å². The molecule has 4 nitrogen and oxygen atoms in total. The van der Waals surface area contributed by atoms with Crippen molar-refractivity contribution in [1.82, 2.24) is 9.88 Å². The number of hydrogen-bond donors (Lipinski definition) is 1. The van der Waals surface area contributed by atoms with Crippen LogP contribution in [-0.2, 0) is 6.54 Å². The Kier molecular flexibility index (Phi) is 4.78. The van der Waals surface area contributed by atoms with Crippen LogP contribution in [0.5, 0.6) is 0 Å². The van der Waals surface area contributed by atoms with Crippen LogP contribution in [0.25, 0.3) is 10.6 Å². The minimum Gasteiger partial charge on any atom is -0.477 e. The maximum Gasteiger partial charge on any atom is 0.347 e.